The minimum atomic E-state index is -1.86. The molecule has 2 N–H and O–H groups in total. The Hall–Kier alpha value is -0.603. The van der Waals surface area contributed by atoms with E-state index in [-0.39, 0.29) is 23.7 Å². The molecule has 0 aliphatic rings. The number of terminal acetylenes is 1. The van der Waals surface area contributed by atoms with E-state index in [4.69, 9.17) is 16.0 Å². The molecule has 128 valence electrons. The zero-order valence-electron chi connectivity index (χ0n) is 15.1. The molecule has 22 heavy (non-hydrogen) atoms. The van der Waals surface area contributed by atoms with Crippen LogP contribution in [0.2, 0.25) is 18.1 Å². The first-order chi connectivity index (χ1) is 10.0. The van der Waals surface area contributed by atoms with Gasteiger partial charge in [-0.3, -0.25) is 0 Å². The molecule has 3 nitrogen and oxygen atoms in total. The molecule has 0 radical (unpaired) electrons. The molecule has 0 heterocycles. The van der Waals surface area contributed by atoms with Crippen molar-refractivity contribution in [2.24, 2.45) is 5.92 Å². The van der Waals surface area contributed by atoms with Crippen LogP contribution in [0, 0.1) is 18.3 Å². The Morgan fingerprint density at radius 2 is 1.86 bits per heavy atom. The van der Waals surface area contributed by atoms with E-state index in [1.807, 2.05) is 19.1 Å². The van der Waals surface area contributed by atoms with Crippen molar-refractivity contribution in [3.8, 4) is 12.3 Å². The van der Waals surface area contributed by atoms with Gasteiger partial charge in [0.2, 0.25) is 0 Å². The third kappa shape index (κ3) is 7.60. The molecule has 3 atom stereocenters. The van der Waals surface area contributed by atoms with E-state index < -0.39 is 14.4 Å². The van der Waals surface area contributed by atoms with Crippen molar-refractivity contribution >= 4 is 8.32 Å². The van der Waals surface area contributed by atoms with Crippen LogP contribution in [0.15, 0.2) is 12.2 Å². The summed E-state index contributed by atoms with van der Waals surface area (Å²) in [5.41, 5.74) is 0. The lowest BCUT2D eigenvalue weighted by molar-refractivity contribution is 0.141. The Labute approximate surface area is 137 Å². The van der Waals surface area contributed by atoms with Crippen molar-refractivity contribution in [2.45, 2.75) is 77.3 Å². The summed E-state index contributed by atoms with van der Waals surface area (Å²) in [4.78, 5) is 0. The largest absolute Gasteiger partial charge is 0.411 e. The van der Waals surface area contributed by atoms with Crippen LogP contribution in [-0.2, 0) is 4.43 Å². The molecule has 0 aliphatic heterocycles. The summed E-state index contributed by atoms with van der Waals surface area (Å²) in [6.07, 6.45) is 10.6. The minimum Gasteiger partial charge on any atom is -0.411 e. The quantitative estimate of drug-likeness (QED) is 0.386. The monoisotopic (exact) mass is 326 g/mol. The molecule has 0 fully saturated rings. The highest BCUT2D eigenvalue weighted by Crippen LogP contribution is 2.37. The maximum absolute atomic E-state index is 9.90. The summed E-state index contributed by atoms with van der Waals surface area (Å²) in [6, 6.07) is 0. The van der Waals surface area contributed by atoms with Crippen LogP contribution < -0.4 is 0 Å². The zero-order chi connectivity index (χ0) is 17.4. The van der Waals surface area contributed by atoms with E-state index in [1.54, 1.807) is 0 Å². The van der Waals surface area contributed by atoms with Gasteiger partial charge in [-0.05, 0) is 31.0 Å². The molecule has 0 aromatic rings. The number of aliphatic hydroxyl groups excluding tert-OH is 2. The van der Waals surface area contributed by atoms with Gasteiger partial charge in [0.1, 0.15) is 0 Å². The van der Waals surface area contributed by atoms with Gasteiger partial charge in [0.15, 0.2) is 8.32 Å². The fraction of sp³-hybridized carbons (Fsp3) is 0.778. The molecule has 0 rings (SSSR count). The van der Waals surface area contributed by atoms with Crippen molar-refractivity contribution in [3.63, 3.8) is 0 Å². The maximum Gasteiger partial charge on any atom is 0.192 e. The van der Waals surface area contributed by atoms with Crippen LogP contribution in [0.25, 0.3) is 0 Å². The number of hydrogen-bond donors (Lipinski definition) is 2. The molecular weight excluding hydrogens is 292 g/mol. The normalized spacial score (nSPS) is 17.2. The maximum atomic E-state index is 9.90. The fourth-order valence-corrected chi connectivity index (χ4v) is 3.08. The Morgan fingerprint density at radius 1 is 1.27 bits per heavy atom. The molecule has 0 aromatic carbocycles. The van der Waals surface area contributed by atoms with Crippen LogP contribution in [0.5, 0.6) is 0 Å². The highest BCUT2D eigenvalue weighted by atomic mass is 28.4. The number of rotatable bonds is 9. The van der Waals surface area contributed by atoms with Gasteiger partial charge in [0, 0.05) is 18.9 Å². The average Bonchev–Trinajstić information content (AvgIpc) is 2.40. The molecule has 0 unspecified atom stereocenters. The van der Waals surface area contributed by atoms with Crippen molar-refractivity contribution in [1.82, 2.24) is 0 Å². The number of aliphatic hydroxyl groups is 2. The van der Waals surface area contributed by atoms with E-state index >= 15 is 0 Å². The Morgan fingerprint density at radius 3 is 2.32 bits per heavy atom. The van der Waals surface area contributed by atoms with Crippen LogP contribution >= 0.6 is 0 Å². The lowest BCUT2D eigenvalue weighted by atomic mass is 10.0. The van der Waals surface area contributed by atoms with Gasteiger partial charge in [0.05, 0.1) is 12.2 Å². The van der Waals surface area contributed by atoms with Gasteiger partial charge in [0.25, 0.3) is 0 Å². The van der Waals surface area contributed by atoms with E-state index in [0.29, 0.717) is 12.8 Å². The minimum absolute atomic E-state index is 0.00399. The molecule has 0 aliphatic carbocycles. The van der Waals surface area contributed by atoms with Crippen molar-refractivity contribution in [1.29, 1.82) is 0 Å². The second-order valence-electron chi connectivity index (χ2n) is 7.50. The third-order valence-corrected chi connectivity index (χ3v) is 8.97. The summed E-state index contributed by atoms with van der Waals surface area (Å²) in [7, 11) is -1.86. The topological polar surface area (TPSA) is 49.7 Å². The number of hydrogen-bond acceptors (Lipinski definition) is 3. The molecule has 0 bridgehead atoms. The predicted octanol–water partition coefficient (Wildman–Crippen LogP) is 3.73. The molecular formula is C18H34O3Si. The van der Waals surface area contributed by atoms with Crippen LogP contribution in [0.3, 0.4) is 0 Å². The first-order valence-corrected chi connectivity index (χ1v) is 11.0. The molecule has 0 spiro atoms. The van der Waals surface area contributed by atoms with Crippen molar-refractivity contribution in [2.75, 3.05) is 6.61 Å². The summed E-state index contributed by atoms with van der Waals surface area (Å²) in [6.45, 7) is 13.2. The summed E-state index contributed by atoms with van der Waals surface area (Å²) >= 11 is 0. The van der Waals surface area contributed by atoms with Gasteiger partial charge >= 0.3 is 0 Å². The molecule has 0 saturated heterocycles. The van der Waals surface area contributed by atoms with Crippen LogP contribution in [0.1, 0.15) is 47.0 Å². The predicted molar refractivity (Wildman–Crippen MR) is 96.2 cm³/mol. The lowest BCUT2D eigenvalue weighted by Gasteiger charge is -2.38. The van der Waals surface area contributed by atoms with Gasteiger partial charge < -0.3 is 14.6 Å². The molecule has 0 aromatic heterocycles. The summed E-state index contributed by atoms with van der Waals surface area (Å²) in [5.74, 6) is 2.48. The second kappa shape index (κ2) is 9.52. The van der Waals surface area contributed by atoms with E-state index in [9.17, 15) is 5.11 Å². The highest BCUT2D eigenvalue weighted by molar-refractivity contribution is 6.74. The van der Waals surface area contributed by atoms with E-state index in [1.165, 1.54) is 0 Å². The summed E-state index contributed by atoms with van der Waals surface area (Å²) in [5, 5.41) is 19.1. The van der Waals surface area contributed by atoms with Crippen LogP contribution in [0.4, 0.5) is 0 Å². The Kier molecular flexibility index (Phi) is 9.26. The van der Waals surface area contributed by atoms with Crippen molar-refractivity contribution in [3.05, 3.63) is 12.2 Å². The average molecular weight is 327 g/mol. The highest BCUT2D eigenvalue weighted by Gasteiger charge is 2.38. The van der Waals surface area contributed by atoms with E-state index in [0.717, 1.165) is 6.42 Å². The molecule has 0 amide bonds. The summed E-state index contributed by atoms with van der Waals surface area (Å²) < 4.78 is 6.41. The Bertz CT molecular complexity index is 377. The lowest BCUT2D eigenvalue weighted by Crippen LogP contribution is -2.43. The van der Waals surface area contributed by atoms with Gasteiger partial charge in [-0.25, -0.2) is 0 Å². The van der Waals surface area contributed by atoms with Gasteiger partial charge in [-0.2, -0.15) is 0 Å². The smallest absolute Gasteiger partial charge is 0.192 e. The third-order valence-electron chi connectivity index (χ3n) is 4.46. The first-order valence-electron chi connectivity index (χ1n) is 8.13. The molecule has 4 heteroatoms. The van der Waals surface area contributed by atoms with E-state index in [2.05, 4.69) is 39.8 Å². The second-order valence-corrected chi connectivity index (χ2v) is 12.3. The van der Waals surface area contributed by atoms with Crippen molar-refractivity contribution < 1.29 is 14.6 Å². The van der Waals surface area contributed by atoms with Gasteiger partial charge in [-0.1, -0.05) is 39.8 Å². The van der Waals surface area contributed by atoms with Gasteiger partial charge in [-0.15, -0.1) is 12.3 Å². The zero-order valence-corrected chi connectivity index (χ0v) is 16.1. The van der Waals surface area contributed by atoms with Crippen LogP contribution in [-0.4, -0.2) is 37.3 Å². The molecule has 0 saturated carbocycles. The first kappa shape index (κ1) is 21.4. The Balaban J connectivity index is 4.89. The fourth-order valence-electron chi connectivity index (χ4n) is 1.78. The standard InChI is InChI=1S/C18H34O3Si/c1-8-10-17(20)15(2)12-13-16(11-9-14-19)21-22(6,7)18(3,4)5/h1,12-13,15-17,19-20H,9-11,14H2,2-7H3/t15-,16-,17+/m1/s1. The SMILES string of the molecule is C#CC[C@H](O)[C@H](C)C=C[C@@H](CCCO)O[Si](C)(C)C(C)(C)C.